The number of fused-ring (bicyclic) bond motifs is 4. The van der Waals surface area contributed by atoms with Gasteiger partial charge in [-0.3, -0.25) is 4.98 Å². The van der Waals surface area contributed by atoms with Gasteiger partial charge in [-0.05, 0) is 82.8 Å². The Morgan fingerprint density at radius 1 is 0.688 bits per heavy atom. The molecule has 32 heavy (non-hydrogen) atoms. The third-order valence-corrected chi connectivity index (χ3v) is 7.46. The molecule has 0 atom stereocenters. The molecule has 0 unspecified atom stereocenters. The zero-order chi connectivity index (χ0) is 21.7. The van der Waals surface area contributed by atoms with Crippen LogP contribution in [0.2, 0.25) is 0 Å². The van der Waals surface area contributed by atoms with E-state index >= 15 is 0 Å². The average molecular weight is 416 g/mol. The first-order valence-corrected chi connectivity index (χ1v) is 12.0. The fourth-order valence-corrected chi connectivity index (χ4v) is 5.92. The topological polar surface area (TPSA) is 12.9 Å². The van der Waals surface area contributed by atoms with E-state index in [9.17, 15) is 0 Å². The quantitative estimate of drug-likeness (QED) is 0.262. The van der Waals surface area contributed by atoms with Crippen LogP contribution in [-0.2, 0) is 0 Å². The molecule has 158 valence electrons. The zero-order valence-corrected chi connectivity index (χ0v) is 19.0. The summed E-state index contributed by atoms with van der Waals surface area (Å²) in [6.45, 7) is 4.39. The Bertz CT molecular complexity index is 1470. The van der Waals surface area contributed by atoms with E-state index in [1.807, 2.05) is 6.20 Å². The molecule has 0 amide bonds. The Morgan fingerprint density at radius 2 is 1.50 bits per heavy atom. The van der Waals surface area contributed by atoms with Crippen LogP contribution in [-0.4, -0.2) is 4.98 Å². The zero-order valence-electron chi connectivity index (χ0n) is 19.0. The van der Waals surface area contributed by atoms with Gasteiger partial charge >= 0.3 is 0 Å². The molecule has 4 aromatic carbocycles. The Kier molecular flexibility index (Phi) is 4.72. The molecule has 1 aliphatic rings. The first-order chi connectivity index (χ1) is 15.7. The smallest absolute Gasteiger partial charge is 0.0780 e. The van der Waals surface area contributed by atoms with Crippen molar-refractivity contribution in [2.75, 3.05) is 0 Å². The van der Waals surface area contributed by atoms with Crippen LogP contribution in [0.25, 0.3) is 43.6 Å². The normalized spacial score (nSPS) is 15.1. The number of rotatable bonds is 2. The van der Waals surface area contributed by atoms with E-state index in [-0.39, 0.29) is 0 Å². The van der Waals surface area contributed by atoms with Crippen molar-refractivity contribution in [3.8, 4) is 11.3 Å². The standard InChI is InChI=1S/C31H29N/c1-20-17-21(2)25-13-14-29-28(30(25)18-20)15-16-32-31(29)24-11-12-27-23(19-24)9-6-10-26(27)22-7-4-3-5-8-22/h6,9-19,22H,3-5,7-8H2,1-2H3. The van der Waals surface area contributed by atoms with Gasteiger partial charge in [-0.2, -0.15) is 0 Å². The van der Waals surface area contributed by atoms with Crippen LogP contribution in [0.1, 0.15) is 54.7 Å². The van der Waals surface area contributed by atoms with Crippen molar-refractivity contribution in [1.82, 2.24) is 4.98 Å². The molecule has 1 fully saturated rings. The van der Waals surface area contributed by atoms with Gasteiger partial charge in [0.05, 0.1) is 5.69 Å². The molecule has 0 radical (unpaired) electrons. The summed E-state index contributed by atoms with van der Waals surface area (Å²) in [5.41, 5.74) is 6.46. The lowest BCUT2D eigenvalue weighted by Crippen LogP contribution is -2.04. The van der Waals surface area contributed by atoms with Crippen LogP contribution < -0.4 is 0 Å². The highest BCUT2D eigenvalue weighted by Gasteiger charge is 2.18. The highest BCUT2D eigenvalue weighted by atomic mass is 14.7. The van der Waals surface area contributed by atoms with Gasteiger partial charge in [-0.15, -0.1) is 0 Å². The number of pyridine rings is 1. The fraction of sp³-hybridized carbons (Fsp3) is 0.258. The van der Waals surface area contributed by atoms with E-state index < -0.39 is 0 Å². The molecule has 1 heterocycles. The number of hydrogen-bond acceptors (Lipinski definition) is 1. The Hall–Kier alpha value is -3.19. The third kappa shape index (κ3) is 3.19. The van der Waals surface area contributed by atoms with Crippen molar-refractivity contribution in [2.45, 2.75) is 51.9 Å². The maximum Gasteiger partial charge on any atom is 0.0780 e. The number of aromatic nitrogens is 1. The highest BCUT2D eigenvalue weighted by molar-refractivity contribution is 6.12. The third-order valence-electron chi connectivity index (χ3n) is 7.46. The number of benzene rings is 4. The van der Waals surface area contributed by atoms with Crippen molar-refractivity contribution >= 4 is 32.3 Å². The molecular formula is C31H29N. The first kappa shape index (κ1) is 19.5. The van der Waals surface area contributed by atoms with E-state index in [0.717, 1.165) is 5.69 Å². The summed E-state index contributed by atoms with van der Waals surface area (Å²) in [5, 5.41) is 7.92. The SMILES string of the molecule is Cc1cc(C)c2ccc3c(-c4ccc5c(C6CCCCC6)cccc5c4)nccc3c2c1. The van der Waals surface area contributed by atoms with Crippen LogP contribution in [0.5, 0.6) is 0 Å². The lowest BCUT2D eigenvalue weighted by molar-refractivity contribution is 0.445. The van der Waals surface area contributed by atoms with Gasteiger partial charge in [0.25, 0.3) is 0 Å². The molecule has 0 aliphatic heterocycles. The summed E-state index contributed by atoms with van der Waals surface area (Å²) in [4.78, 5) is 4.85. The summed E-state index contributed by atoms with van der Waals surface area (Å²) in [5.74, 6) is 0.715. The van der Waals surface area contributed by atoms with Crippen LogP contribution in [0.4, 0.5) is 0 Å². The molecular weight excluding hydrogens is 386 g/mol. The van der Waals surface area contributed by atoms with Gasteiger partial charge in [0.15, 0.2) is 0 Å². The molecule has 0 bridgehead atoms. The summed E-state index contributed by atoms with van der Waals surface area (Å²) in [6, 6.07) is 25.1. The first-order valence-electron chi connectivity index (χ1n) is 12.0. The van der Waals surface area contributed by atoms with Gasteiger partial charge < -0.3 is 0 Å². The van der Waals surface area contributed by atoms with E-state index in [4.69, 9.17) is 4.98 Å². The largest absolute Gasteiger partial charge is 0.256 e. The van der Waals surface area contributed by atoms with Crippen molar-refractivity contribution in [2.24, 2.45) is 0 Å². The second kappa shape index (κ2) is 7.74. The summed E-state index contributed by atoms with van der Waals surface area (Å²) in [6.07, 6.45) is 8.76. The second-order valence-corrected chi connectivity index (χ2v) is 9.62. The molecule has 0 saturated heterocycles. The van der Waals surface area contributed by atoms with Gasteiger partial charge in [-0.1, -0.05) is 79.4 Å². The van der Waals surface area contributed by atoms with Crippen LogP contribution in [0, 0.1) is 13.8 Å². The average Bonchev–Trinajstić information content (AvgIpc) is 2.83. The lowest BCUT2D eigenvalue weighted by atomic mass is 9.82. The van der Waals surface area contributed by atoms with Gasteiger partial charge in [0, 0.05) is 17.1 Å². The summed E-state index contributed by atoms with van der Waals surface area (Å²) in [7, 11) is 0. The highest BCUT2D eigenvalue weighted by Crippen LogP contribution is 2.38. The van der Waals surface area contributed by atoms with E-state index in [1.165, 1.54) is 86.7 Å². The molecule has 5 aromatic rings. The minimum absolute atomic E-state index is 0.715. The monoisotopic (exact) mass is 415 g/mol. The number of aryl methyl sites for hydroxylation is 2. The summed E-state index contributed by atoms with van der Waals surface area (Å²) < 4.78 is 0. The van der Waals surface area contributed by atoms with Crippen LogP contribution >= 0.6 is 0 Å². The van der Waals surface area contributed by atoms with E-state index in [0.29, 0.717) is 5.92 Å². The Morgan fingerprint density at radius 3 is 2.38 bits per heavy atom. The van der Waals surface area contributed by atoms with Crippen molar-refractivity contribution < 1.29 is 0 Å². The molecule has 0 N–H and O–H groups in total. The van der Waals surface area contributed by atoms with E-state index in [2.05, 4.69) is 80.6 Å². The molecule has 0 spiro atoms. The predicted octanol–water partition coefficient (Wildman–Crippen LogP) is 8.87. The maximum atomic E-state index is 4.85. The molecule has 6 rings (SSSR count). The van der Waals surface area contributed by atoms with Crippen LogP contribution in [0.3, 0.4) is 0 Å². The van der Waals surface area contributed by atoms with E-state index in [1.54, 1.807) is 0 Å². The number of nitrogens with zero attached hydrogens (tertiary/aromatic N) is 1. The minimum Gasteiger partial charge on any atom is -0.256 e. The fourth-order valence-electron chi connectivity index (χ4n) is 5.92. The maximum absolute atomic E-state index is 4.85. The second-order valence-electron chi connectivity index (χ2n) is 9.62. The van der Waals surface area contributed by atoms with Crippen LogP contribution in [0.15, 0.2) is 72.9 Å². The molecule has 1 heteroatoms. The van der Waals surface area contributed by atoms with Crippen molar-refractivity contribution in [1.29, 1.82) is 0 Å². The predicted molar refractivity (Wildman–Crippen MR) is 137 cm³/mol. The Labute approximate surface area is 190 Å². The summed E-state index contributed by atoms with van der Waals surface area (Å²) >= 11 is 0. The minimum atomic E-state index is 0.715. The molecule has 1 nitrogen and oxygen atoms in total. The Balaban J connectivity index is 1.53. The molecule has 1 saturated carbocycles. The lowest BCUT2D eigenvalue weighted by Gasteiger charge is -2.23. The molecule has 1 aliphatic carbocycles. The molecule has 1 aromatic heterocycles. The van der Waals surface area contributed by atoms with Crippen molar-refractivity contribution in [3.05, 3.63) is 89.6 Å². The van der Waals surface area contributed by atoms with Gasteiger partial charge in [-0.25, -0.2) is 0 Å². The van der Waals surface area contributed by atoms with Crippen molar-refractivity contribution in [3.63, 3.8) is 0 Å². The van der Waals surface area contributed by atoms with Gasteiger partial charge in [0.1, 0.15) is 0 Å². The number of hydrogen-bond donors (Lipinski definition) is 0. The van der Waals surface area contributed by atoms with Gasteiger partial charge in [0.2, 0.25) is 0 Å².